The molecule has 3 nitrogen and oxygen atoms in total. The largest absolute Gasteiger partial charge is 0.497 e. The van der Waals surface area contributed by atoms with Crippen LogP contribution in [0.1, 0.15) is 6.92 Å². The molecule has 2 aliphatic rings. The minimum absolute atomic E-state index is 0.0739. The topological polar surface area (TPSA) is 27.7 Å². The van der Waals surface area contributed by atoms with Gasteiger partial charge in [0.2, 0.25) is 0 Å². The summed E-state index contributed by atoms with van der Waals surface area (Å²) in [5, 5.41) is 0. The average Bonchev–Trinajstić information content (AvgIpc) is 2.70. The van der Waals surface area contributed by atoms with Crippen molar-refractivity contribution in [2.45, 2.75) is 19.3 Å². The van der Waals surface area contributed by atoms with Crippen LogP contribution in [0, 0.1) is 5.92 Å². The first kappa shape index (κ1) is 10.5. The number of rotatable bonds is 3. The Balaban J connectivity index is 2.26. The zero-order valence-corrected chi connectivity index (χ0v) is 9.27. The molecule has 0 aromatic carbocycles. The van der Waals surface area contributed by atoms with Crippen LogP contribution in [-0.2, 0) is 14.2 Å². The molecule has 0 amide bonds. The van der Waals surface area contributed by atoms with Crippen molar-refractivity contribution in [1.82, 2.24) is 0 Å². The summed E-state index contributed by atoms with van der Waals surface area (Å²) in [4.78, 5) is 0. The van der Waals surface area contributed by atoms with Crippen molar-refractivity contribution >= 4 is 0 Å². The van der Waals surface area contributed by atoms with E-state index in [1.165, 1.54) is 5.57 Å². The van der Waals surface area contributed by atoms with Gasteiger partial charge in [0.25, 0.3) is 0 Å². The molecule has 1 heterocycles. The third-order valence-corrected chi connectivity index (χ3v) is 2.92. The van der Waals surface area contributed by atoms with Crippen molar-refractivity contribution in [1.29, 1.82) is 0 Å². The van der Waals surface area contributed by atoms with Crippen LogP contribution < -0.4 is 0 Å². The predicted molar refractivity (Wildman–Crippen MR) is 57.1 cm³/mol. The Labute approximate surface area is 90.0 Å². The molecule has 0 spiro atoms. The van der Waals surface area contributed by atoms with Gasteiger partial charge >= 0.3 is 0 Å². The fourth-order valence-electron chi connectivity index (χ4n) is 2.13. The first-order chi connectivity index (χ1) is 7.27. The molecule has 2 atom stereocenters. The lowest BCUT2D eigenvalue weighted by Crippen LogP contribution is -2.37. The fraction of sp³-hybridized carbons (Fsp3) is 0.500. The monoisotopic (exact) mass is 208 g/mol. The Morgan fingerprint density at radius 3 is 2.73 bits per heavy atom. The van der Waals surface area contributed by atoms with Crippen LogP contribution in [0.5, 0.6) is 0 Å². The van der Waals surface area contributed by atoms with Crippen LogP contribution in [-0.4, -0.2) is 26.6 Å². The van der Waals surface area contributed by atoms with Crippen LogP contribution in [0.15, 0.2) is 35.6 Å². The molecular weight excluding hydrogens is 192 g/mol. The highest BCUT2D eigenvalue weighted by Crippen LogP contribution is 2.36. The van der Waals surface area contributed by atoms with E-state index in [1.807, 2.05) is 19.1 Å². The van der Waals surface area contributed by atoms with E-state index < -0.39 is 0 Å². The summed E-state index contributed by atoms with van der Waals surface area (Å²) in [6, 6.07) is 0. The van der Waals surface area contributed by atoms with E-state index >= 15 is 0 Å². The van der Waals surface area contributed by atoms with Gasteiger partial charge in [-0.25, -0.2) is 0 Å². The van der Waals surface area contributed by atoms with Gasteiger partial charge in [0, 0.05) is 19.8 Å². The Kier molecular flexibility index (Phi) is 2.93. The van der Waals surface area contributed by atoms with E-state index in [2.05, 4.69) is 6.08 Å². The molecule has 0 radical (unpaired) electrons. The fourth-order valence-corrected chi connectivity index (χ4v) is 2.13. The normalized spacial score (nSPS) is 28.5. The van der Waals surface area contributed by atoms with Gasteiger partial charge in [-0.1, -0.05) is 18.2 Å². The van der Waals surface area contributed by atoms with Crippen molar-refractivity contribution < 1.29 is 14.2 Å². The van der Waals surface area contributed by atoms with Gasteiger partial charge in [0.1, 0.15) is 6.10 Å². The SMILES string of the molecule is COC(OC)C1C2=CC=CC2=COC1C. The van der Waals surface area contributed by atoms with Crippen LogP contribution in [0.4, 0.5) is 0 Å². The molecule has 1 aliphatic carbocycles. The number of ether oxygens (including phenoxy) is 3. The summed E-state index contributed by atoms with van der Waals surface area (Å²) in [6.07, 6.45) is 7.79. The standard InChI is InChI=1S/C12H16O3/c1-8-11(12(13-2)14-3)10-6-4-5-9(10)7-15-8/h4-8,11-12H,1-3H3. The lowest BCUT2D eigenvalue weighted by molar-refractivity contribution is -0.150. The summed E-state index contributed by atoms with van der Waals surface area (Å²) in [6.45, 7) is 2.03. The van der Waals surface area contributed by atoms with Gasteiger partial charge in [-0.05, 0) is 12.5 Å². The highest BCUT2D eigenvalue weighted by atomic mass is 16.7. The van der Waals surface area contributed by atoms with E-state index in [4.69, 9.17) is 14.2 Å². The number of hydrogen-bond acceptors (Lipinski definition) is 3. The van der Waals surface area contributed by atoms with Crippen molar-refractivity contribution in [2.24, 2.45) is 5.92 Å². The maximum absolute atomic E-state index is 5.57. The van der Waals surface area contributed by atoms with Crippen LogP contribution in [0.3, 0.4) is 0 Å². The first-order valence-electron chi connectivity index (χ1n) is 5.07. The van der Waals surface area contributed by atoms with Crippen LogP contribution in [0.2, 0.25) is 0 Å². The highest BCUT2D eigenvalue weighted by Gasteiger charge is 2.36. The molecule has 2 rings (SSSR count). The maximum atomic E-state index is 5.57. The third-order valence-electron chi connectivity index (χ3n) is 2.92. The molecular formula is C12H16O3. The Hall–Kier alpha value is -1.06. The Morgan fingerprint density at radius 2 is 2.07 bits per heavy atom. The van der Waals surface area contributed by atoms with Crippen molar-refractivity contribution in [2.75, 3.05) is 14.2 Å². The van der Waals surface area contributed by atoms with Crippen molar-refractivity contribution in [3.63, 3.8) is 0 Å². The van der Waals surface area contributed by atoms with Crippen molar-refractivity contribution in [3.8, 4) is 0 Å². The molecule has 82 valence electrons. The second-order valence-corrected chi connectivity index (χ2v) is 3.76. The third kappa shape index (κ3) is 1.73. The second-order valence-electron chi connectivity index (χ2n) is 3.76. The smallest absolute Gasteiger partial charge is 0.167 e. The summed E-state index contributed by atoms with van der Waals surface area (Å²) in [5.41, 5.74) is 2.36. The lowest BCUT2D eigenvalue weighted by Gasteiger charge is -2.34. The van der Waals surface area contributed by atoms with Gasteiger partial charge < -0.3 is 14.2 Å². The van der Waals surface area contributed by atoms with E-state index in [0.717, 1.165) is 5.57 Å². The van der Waals surface area contributed by atoms with E-state index in [0.29, 0.717) is 0 Å². The van der Waals surface area contributed by atoms with Gasteiger partial charge in [-0.15, -0.1) is 0 Å². The summed E-state index contributed by atoms with van der Waals surface area (Å²) in [5.74, 6) is 0.134. The maximum Gasteiger partial charge on any atom is 0.167 e. The van der Waals surface area contributed by atoms with Crippen molar-refractivity contribution in [3.05, 3.63) is 35.6 Å². The lowest BCUT2D eigenvalue weighted by atomic mass is 9.88. The van der Waals surface area contributed by atoms with E-state index in [-0.39, 0.29) is 18.3 Å². The number of fused-ring (bicyclic) bond motifs is 1. The molecule has 0 saturated carbocycles. The average molecular weight is 208 g/mol. The minimum atomic E-state index is -0.255. The molecule has 15 heavy (non-hydrogen) atoms. The predicted octanol–water partition coefficient (Wildman–Crippen LogP) is 2.02. The number of allylic oxidation sites excluding steroid dienone is 4. The first-order valence-corrected chi connectivity index (χ1v) is 5.07. The molecule has 0 aromatic rings. The van der Waals surface area contributed by atoms with Gasteiger partial charge in [0.05, 0.1) is 12.2 Å². The Morgan fingerprint density at radius 1 is 1.33 bits per heavy atom. The van der Waals surface area contributed by atoms with Gasteiger partial charge in [0.15, 0.2) is 6.29 Å². The summed E-state index contributed by atoms with van der Waals surface area (Å²) >= 11 is 0. The second kappa shape index (κ2) is 4.21. The van der Waals surface area contributed by atoms with E-state index in [9.17, 15) is 0 Å². The zero-order chi connectivity index (χ0) is 10.8. The minimum Gasteiger partial charge on any atom is -0.497 e. The highest BCUT2D eigenvalue weighted by molar-refractivity contribution is 5.50. The van der Waals surface area contributed by atoms with Gasteiger partial charge in [-0.2, -0.15) is 0 Å². The molecule has 0 saturated heterocycles. The Bertz CT molecular complexity index is 324. The van der Waals surface area contributed by atoms with Crippen LogP contribution in [0.25, 0.3) is 0 Å². The molecule has 0 fully saturated rings. The van der Waals surface area contributed by atoms with Crippen LogP contribution >= 0.6 is 0 Å². The number of methoxy groups -OCH3 is 2. The number of hydrogen-bond donors (Lipinski definition) is 0. The van der Waals surface area contributed by atoms with E-state index in [1.54, 1.807) is 20.5 Å². The summed E-state index contributed by atoms with van der Waals surface area (Å²) < 4.78 is 16.2. The quantitative estimate of drug-likeness (QED) is 0.664. The molecule has 1 aliphatic heterocycles. The zero-order valence-electron chi connectivity index (χ0n) is 9.27. The molecule has 0 N–H and O–H groups in total. The van der Waals surface area contributed by atoms with Gasteiger partial charge in [-0.3, -0.25) is 0 Å². The molecule has 0 aromatic heterocycles. The molecule has 2 unspecified atom stereocenters. The summed E-state index contributed by atoms with van der Waals surface area (Å²) in [7, 11) is 3.31. The molecule has 0 bridgehead atoms. The molecule has 3 heteroatoms.